The molecule has 11 N–H and O–H groups in total. The maximum Gasteiger partial charge on any atom is 0.322 e. The van der Waals surface area contributed by atoms with Crippen molar-refractivity contribution in [1.82, 2.24) is 31.9 Å². The first-order valence-corrected chi connectivity index (χ1v) is 15.4. The lowest BCUT2D eigenvalue weighted by Gasteiger charge is -2.27. The molecule has 0 bridgehead atoms. The number of aliphatic hydroxyl groups is 2. The quantitative estimate of drug-likeness (QED) is 0.0604. The Morgan fingerprint density at radius 1 is 0.705 bits per heavy atom. The molecule has 0 aliphatic rings. The largest absolute Gasteiger partial charge is 0.480 e. The molecule has 0 fully saturated rings. The summed E-state index contributed by atoms with van der Waals surface area (Å²) in [6.07, 6.45) is 0.668. The fourth-order valence-electron chi connectivity index (χ4n) is 3.52. The fraction of sp³-hybridized carbons (Fsp3) is 0.731. The number of rotatable bonds is 20. The molecular weight excluding hydrogens is 602 g/mol. The van der Waals surface area contributed by atoms with Gasteiger partial charge in [0.05, 0.1) is 25.3 Å². The number of carbonyl (C=O) groups is 7. The Bertz CT molecular complexity index is 1010. The lowest BCUT2D eigenvalue weighted by atomic mass is 10.0. The molecule has 6 amide bonds. The molecule has 0 aromatic heterocycles. The highest BCUT2D eigenvalue weighted by Gasteiger charge is 2.33. The zero-order valence-corrected chi connectivity index (χ0v) is 26.7. The second-order valence-electron chi connectivity index (χ2n) is 10.7. The molecule has 18 heteroatoms. The molecule has 252 valence electrons. The number of carboxylic acid groups (broad SMARTS) is 1. The van der Waals surface area contributed by atoms with E-state index in [0.29, 0.717) is 5.75 Å². The Kier molecular flexibility index (Phi) is 18.9. The smallest absolute Gasteiger partial charge is 0.322 e. The molecule has 0 aromatic carbocycles. The summed E-state index contributed by atoms with van der Waals surface area (Å²) >= 11 is 1.45. The number of nitrogens with two attached hydrogens (primary N) is 1. The van der Waals surface area contributed by atoms with E-state index in [4.69, 9.17) is 10.8 Å². The van der Waals surface area contributed by atoms with Crippen molar-refractivity contribution in [2.45, 2.75) is 77.4 Å². The summed E-state index contributed by atoms with van der Waals surface area (Å²) in [4.78, 5) is 86.3. The zero-order valence-electron chi connectivity index (χ0n) is 25.8. The van der Waals surface area contributed by atoms with Crippen LogP contribution in [0.2, 0.25) is 0 Å². The minimum Gasteiger partial charge on any atom is -0.480 e. The third-order valence-corrected chi connectivity index (χ3v) is 6.89. The van der Waals surface area contributed by atoms with Gasteiger partial charge < -0.3 is 53.0 Å². The van der Waals surface area contributed by atoms with E-state index in [9.17, 15) is 43.8 Å². The molecule has 0 spiro atoms. The predicted molar refractivity (Wildman–Crippen MR) is 161 cm³/mol. The van der Waals surface area contributed by atoms with Gasteiger partial charge in [-0.05, 0) is 37.2 Å². The van der Waals surface area contributed by atoms with E-state index in [2.05, 4.69) is 26.6 Å². The molecule has 0 rings (SSSR count). The summed E-state index contributed by atoms with van der Waals surface area (Å²) in [7, 11) is 0. The Morgan fingerprint density at radius 2 is 1.27 bits per heavy atom. The summed E-state index contributed by atoms with van der Waals surface area (Å²) in [5.74, 6) is -6.39. The molecule has 0 saturated carbocycles. The summed E-state index contributed by atoms with van der Waals surface area (Å²) in [6.45, 7) is 5.62. The van der Waals surface area contributed by atoms with Gasteiger partial charge in [-0.1, -0.05) is 27.7 Å². The number of carbonyl (C=O) groups excluding carboxylic acids is 6. The standard InChI is InChI=1S/C26H47N7O10S/c1-12(2)19(27)24(41)31-15(7-8-44-6)22(39)28-9-17(36)30-16(11-34)23(40)32-20(13(3)4)26(43)33-21(14(5)35)25(42)29-10-18(37)38/h12-16,19-21,34-35H,7-11,27H2,1-6H3,(H,28,39)(H,29,42)(H,30,36)(H,31,41)(H,32,40)(H,33,43)(H,37,38)/t14-,15+,16+,19+,20+,21+/m1/s1. The lowest BCUT2D eigenvalue weighted by molar-refractivity contribution is -0.139. The van der Waals surface area contributed by atoms with E-state index in [1.54, 1.807) is 27.7 Å². The number of hydrogen-bond acceptors (Lipinski definition) is 11. The van der Waals surface area contributed by atoms with Crippen LogP contribution in [0.4, 0.5) is 0 Å². The van der Waals surface area contributed by atoms with Crippen LogP contribution in [-0.4, -0.2) is 125 Å². The van der Waals surface area contributed by atoms with Crippen molar-refractivity contribution in [2.75, 3.05) is 31.7 Å². The molecule has 0 unspecified atom stereocenters. The number of hydrogen-bond donors (Lipinski definition) is 10. The van der Waals surface area contributed by atoms with Gasteiger partial charge in [0.1, 0.15) is 30.7 Å². The van der Waals surface area contributed by atoms with Crippen LogP contribution >= 0.6 is 11.8 Å². The maximum absolute atomic E-state index is 12.9. The first-order chi connectivity index (χ1) is 20.5. The number of aliphatic carboxylic acids is 1. The Morgan fingerprint density at radius 3 is 1.75 bits per heavy atom. The van der Waals surface area contributed by atoms with Gasteiger partial charge >= 0.3 is 5.97 Å². The van der Waals surface area contributed by atoms with E-state index < -0.39 is 103 Å². The molecule has 6 atom stereocenters. The van der Waals surface area contributed by atoms with Crippen LogP contribution < -0.4 is 37.6 Å². The Balaban J connectivity index is 5.33. The van der Waals surface area contributed by atoms with Gasteiger partial charge in [-0.2, -0.15) is 11.8 Å². The first kappa shape index (κ1) is 40.5. The Labute approximate surface area is 260 Å². The van der Waals surface area contributed by atoms with Gasteiger partial charge in [-0.3, -0.25) is 33.6 Å². The van der Waals surface area contributed by atoms with Crippen LogP contribution in [0.15, 0.2) is 0 Å². The van der Waals surface area contributed by atoms with Gasteiger partial charge in [-0.15, -0.1) is 0 Å². The molecule has 44 heavy (non-hydrogen) atoms. The molecule has 0 radical (unpaired) electrons. The number of thioether (sulfide) groups is 1. The average Bonchev–Trinajstić information content (AvgIpc) is 2.95. The van der Waals surface area contributed by atoms with E-state index >= 15 is 0 Å². The van der Waals surface area contributed by atoms with Crippen LogP contribution in [0, 0.1) is 11.8 Å². The molecule has 0 saturated heterocycles. The SMILES string of the molecule is CSCC[C@H](NC(=O)[C@@H](N)C(C)C)C(=O)NCC(=O)N[C@@H](CO)C(=O)N[C@H](C(=O)N[C@H](C(=O)NCC(=O)O)[C@@H](C)O)C(C)C. The van der Waals surface area contributed by atoms with Crippen molar-refractivity contribution in [3.8, 4) is 0 Å². The van der Waals surface area contributed by atoms with Crippen LogP contribution in [-0.2, 0) is 33.6 Å². The van der Waals surface area contributed by atoms with Crippen LogP contribution in [0.3, 0.4) is 0 Å². The summed E-state index contributed by atoms with van der Waals surface area (Å²) in [5.41, 5.74) is 5.85. The van der Waals surface area contributed by atoms with Crippen LogP contribution in [0.1, 0.15) is 41.0 Å². The second-order valence-corrected chi connectivity index (χ2v) is 11.7. The highest BCUT2D eigenvalue weighted by Crippen LogP contribution is 2.06. The van der Waals surface area contributed by atoms with Crippen molar-refractivity contribution < 1.29 is 48.9 Å². The van der Waals surface area contributed by atoms with Crippen LogP contribution in [0.25, 0.3) is 0 Å². The van der Waals surface area contributed by atoms with Gasteiger partial charge in [0, 0.05) is 0 Å². The lowest BCUT2D eigenvalue weighted by Crippen LogP contribution is -2.61. The molecule has 0 aliphatic heterocycles. The number of amides is 6. The minimum absolute atomic E-state index is 0.170. The molecule has 17 nitrogen and oxygen atoms in total. The highest BCUT2D eigenvalue weighted by molar-refractivity contribution is 7.98. The average molecular weight is 650 g/mol. The zero-order chi connectivity index (χ0) is 34.1. The number of nitrogens with one attached hydrogen (secondary N) is 6. The van der Waals surface area contributed by atoms with E-state index in [1.165, 1.54) is 18.7 Å². The van der Waals surface area contributed by atoms with Crippen molar-refractivity contribution in [1.29, 1.82) is 0 Å². The fourth-order valence-corrected chi connectivity index (χ4v) is 3.99. The van der Waals surface area contributed by atoms with Gasteiger partial charge in [0.25, 0.3) is 0 Å². The summed E-state index contributed by atoms with van der Waals surface area (Å²) < 4.78 is 0. The maximum atomic E-state index is 12.9. The van der Waals surface area contributed by atoms with Crippen molar-refractivity contribution >= 4 is 53.2 Å². The predicted octanol–water partition coefficient (Wildman–Crippen LogP) is -3.99. The topological polar surface area (TPSA) is 278 Å². The number of aliphatic hydroxyl groups excluding tert-OH is 2. The van der Waals surface area contributed by atoms with E-state index in [1.807, 2.05) is 11.6 Å². The number of carboxylic acids is 1. The summed E-state index contributed by atoms with van der Waals surface area (Å²) in [6, 6.07) is -6.17. The van der Waals surface area contributed by atoms with E-state index in [0.717, 1.165) is 0 Å². The van der Waals surface area contributed by atoms with Crippen molar-refractivity contribution in [2.24, 2.45) is 17.6 Å². The normalized spacial score (nSPS) is 15.2. The van der Waals surface area contributed by atoms with Gasteiger partial charge in [0.15, 0.2) is 0 Å². The monoisotopic (exact) mass is 649 g/mol. The summed E-state index contributed by atoms with van der Waals surface area (Å²) in [5, 5.41) is 42.3. The first-order valence-electron chi connectivity index (χ1n) is 14.0. The third-order valence-electron chi connectivity index (χ3n) is 6.25. The van der Waals surface area contributed by atoms with Crippen molar-refractivity contribution in [3.63, 3.8) is 0 Å². The van der Waals surface area contributed by atoms with Gasteiger partial charge in [-0.25, -0.2) is 0 Å². The second kappa shape index (κ2) is 20.5. The minimum atomic E-state index is -1.54. The molecule has 0 aromatic rings. The van der Waals surface area contributed by atoms with E-state index in [-0.39, 0.29) is 12.3 Å². The molecular formula is C26H47N7O10S. The molecule has 0 aliphatic carbocycles. The Hall–Kier alpha value is -3.48. The highest BCUT2D eigenvalue weighted by atomic mass is 32.2. The van der Waals surface area contributed by atoms with Gasteiger partial charge in [0.2, 0.25) is 35.4 Å². The van der Waals surface area contributed by atoms with Crippen LogP contribution in [0.5, 0.6) is 0 Å². The molecule has 0 heterocycles. The third kappa shape index (κ3) is 14.8. The van der Waals surface area contributed by atoms with Crippen molar-refractivity contribution in [3.05, 3.63) is 0 Å².